The van der Waals surface area contributed by atoms with E-state index < -0.39 is 17.8 Å². The molecule has 20 heavy (non-hydrogen) atoms. The van der Waals surface area contributed by atoms with E-state index in [0.29, 0.717) is 13.1 Å². The number of hydrogen-bond donors (Lipinski definition) is 1. The molecule has 0 unspecified atom stereocenters. The maximum absolute atomic E-state index is 12.7. The molecule has 1 aromatic rings. The van der Waals surface area contributed by atoms with Crippen LogP contribution in [0, 0.1) is 0 Å². The molecule has 8 heteroatoms. The highest BCUT2D eigenvalue weighted by molar-refractivity contribution is 6.33. The van der Waals surface area contributed by atoms with Crippen molar-refractivity contribution in [3.05, 3.63) is 28.8 Å². The highest BCUT2D eigenvalue weighted by Gasteiger charge is 2.32. The van der Waals surface area contributed by atoms with Crippen LogP contribution in [0.15, 0.2) is 18.2 Å². The molecule has 0 saturated carbocycles. The van der Waals surface area contributed by atoms with Gasteiger partial charge in [0.15, 0.2) is 0 Å². The lowest BCUT2D eigenvalue weighted by atomic mass is 10.1. The molecule has 0 atom stereocenters. The second kappa shape index (κ2) is 5.40. The second-order valence-corrected chi connectivity index (χ2v) is 4.83. The van der Waals surface area contributed by atoms with Gasteiger partial charge in [0.2, 0.25) is 0 Å². The van der Waals surface area contributed by atoms with Crippen LogP contribution in [0.4, 0.5) is 23.7 Å². The van der Waals surface area contributed by atoms with Crippen LogP contribution in [-0.2, 0) is 6.18 Å². The largest absolute Gasteiger partial charge is 0.465 e. The van der Waals surface area contributed by atoms with Crippen LogP contribution in [0.5, 0.6) is 0 Å². The summed E-state index contributed by atoms with van der Waals surface area (Å²) in [6.07, 6.45) is -5.46. The molecular formula is C12H12ClF3N2O2. The standard InChI is InChI=1S/C12H12ClF3N2O2/c13-9-2-1-8(12(14,15)16)7-10(9)17-3-5-18(6-4-17)11(19)20/h1-2,7H,3-6H2,(H,19,20). The average molecular weight is 309 g/mol. The number of benzene rings is 1. The number of hydrogen-bond acceptors (Lipinski definition) is 2. The molecule has 0 aliphatic carbocycles. The number of carbonyl (C=O) groups is 1. The zero-order chi connectivity index (χ0) is 14.9. The van der Waals surface area contributed by atoms with Crippen LogP contribution in [0.25, 0.3) is 0 Å². The molecule has 1 aromatic carbocycles. The van der Waals surface area contributed by atoms with Gasteiger partial charge in [-0.25, -0.2) is 4.79 Å². The number of anilines is 1. The van der Waals surface area contributed by atoms with Crippen LogP contribution in [-0.4, -0.2) is 42.3 Å². The topological polar surface area (TPSA) is 43.8 Å². The summed E-state index contributed by atoms with van der Waals surface area (Å²) in [5.41, 5.74) is -0.482. The van der Waals surface area contributed by atoms with E-state index in [1.54, 1.807) is 4.90 Å². The van der Waals surface area contributed by atoms with E-state index in [4.69, 9.17) is 16.7 Å². The Morgan fingerprint density at radius 2 is 1.80 bits per heavy atom. The van der Waals surface area contributed by atoms with Gasteiger partial charge in [-0.05, 0) is 18.2 Å². The van der Waals surface area contributed by atoms with Gasteiger partial charge >= 0.3 is 12.3 Å². The van der Waals surface area contributed by atoms with Gasteiger partial charge < -0.3 is 14.9 Å². The third-order valence-electron chi connectivity index (χ3n) is 3.16. The Morgan fingerprint density at radius 1 is 1.20 bits per heavy atom. The molecule has 1 heterocycles. The number of alkyl halides is 3. The number of nitrogens with zero attached hydrogens (tertiary/aromatic N) is 2. The smallest absolute Gasteiger partial charge is 0.416 e. The van der Waals surface area contributed by atoms with Crippen LogP contribution >= 0.6 is 11.6 Å². The van der Waals surface area contributed by atoms with E-state index in [2.05, 4.69) is 0 Å². The molecule has 1 saturated heterocycles. The Morgan fingerprint density at radius 3 is 2.30 bits per heavy atom. The van der Waals surface area contributed by atoms with E-state index in [1.807, 2.05) is 0 Å². The summed E-state index contributed by atoms with van der Waals surface area (Å²) in [5.74, 6) is 0. The Bertz CT molecular complexity index is 514. The Balaban J connectivity index is 2.19. The van der Waals surface area contributed by atoms with Crippen molar-refractivity contribution >= 4 is 23.4 Å². The molecule has 0 spiro atoms. The van der Waals surface area contributed by atoms with Crippen LogP contribution in [0.2, 0.25) is 5.02 Å². The fourth-order valence-electron chi connectivity index (χ4n) is 2.07. The lowest BCUT2D eigenvalue weighted by molar-refractivity contribution is -0.137. The summed E-state index contributed by atoms with van der Waals surface area (Å²) in [7, 11) is 0. The van der Waals surface area contributed by atoms with Crippen molar-refractivity contribution in [3.63, 3.8) is 0 Å². The molecule has 0 aromatic heterocycles. The first kappa shape index (κ1) is 14.8. The quantitative estimate of drug-likeness (QED) is 0.866. The Labute approximate surface area is 118 Å². The van der Waals surface area contributed by atoms with E-state index in [9.17, 15) is 18.0 Å². The van der Waals surface area contributed by atoms with Gasteiger partial charge in [0, 0.05) is 26.2 Å². The van der Waals surface area contributed by atoms with Gasteiger partial charge in [0.25, 0.3) is 0 Å². The van der Waals surface area contributed by atoms with Crippen molar-refractivity contribution in [3.8, 4) is 0 Å². The minimum atomic E-state index is -4.43. The average Bonchev–Trinajstić information content (AvgIpc) is 2.38. The SMILES string of the molecule is O=C(O)N1CCN(c2cc(C(F)(F)F)ccc2Cl)CC1. The van der Waals surface area contributed by atoms with Gasteiger partial charge in [-0.2, -0.15) is 13.2 Å². The molecule has 0 bridgehead atoms. The summed E-state index contributed by atoms with van der Waals surface area (Å²) < 4.78 is 38.1. The number of amides is 1. The first-order valence-corrected chi connectivity index (χ1v) is 6.26. The maximum atomic E-state index is 12.7. The van der Waals surface area contributed by atoms with Gasteiger partial charge in [0.05, 0.1) is 16.3 Å². The normalized spacial score (nSPS) is 16.4. The van der Waals surface area contributed by atoms with Crippen LogP contribution < -0.4 is 4.90 Å². The molecule has 1 aliphatic heterocycles. The number of halogens is 4. The van der Waals surface area contributed by atoms with Crippen LogP contribution in [0.1, 0.15) is 5.56 Å². The van der Waals surface area contributed by atoms with Gasteiger partial charge in [-0.1, -0.05) is 11.6 Å². The number of piperazine rings is 1. The molecule has 0 radical (unpaired) electrons. The lowest BCUT2D eigenvalue weighted by Gasteiger charge is -2.35. The van der Waals surface area contributed by atoms with E-state index in [-0.39, 0.29) is 23.8 Å². The van der Waals surface area contributed by atoms with E-state index in [1.165, 1.54) is 11.0 Å². The third kappa shape index (κ3) is 3.09. The minimum absolute atomic E-state index is 0.224. The molecule has 1 amide bonds. The first-order chi connectivity index (χ1) is 9.29. The predicted octanol–water partition coefficient (Wildman–Crippen LogP) is 3.16. The summed E-state index contributed by atoms with van der Waals surface area (Å²) >= 11 is 5.94. The zero-order valence-electron chi connectivity index (χ0n) is 10.3. The molecular weight excluding hydrogens is 297 g/mol. The first-order valence-electron chi connectivity index (χ1n) is 5.88. The summed E-state index contributed by atoms with van der Waals surface area (Å²) in [6.45, 7) is 1.10. The predicted molar refractivity (Wildman–Crippen MR) is 68.3 cm³/mol. The van der Waals surface area contributed by atoms with Crippen molar-refractivity contribution in [2.45, 2.75) is 6.18 Å². The molecule has 110 valence electrons. The maximum Gasteiger partial charge on any atom is 0.416 e. The van der Waals surface area contributed by atoms with Crippen molar-refractivity contribution < 1.29 is 23.1 Å². The zero-order valence-corrected chi connectivity index (χ0v) is 11.1. The summed E-state index contributed by atoms with van der Waals surface area (Å²) in [6, 6.07) is 3.14. The Hall–Kier alpha value is -1.63. The molecule has 1 aliphatic rings. The van der Waals surface area contributed by atoms with Crippen molar-refractivity contribution in [1.82, 2.24) is 4.90 Å². The van der Waals surface area contributed by atoms with E-state index in [0.717, 1.165) is 12.1 Å². The third-order valence-corrected chi connectivity index (χ3v) is 3.48. The Kier molecular flexibility index (Phi) is 3.99. The lowest BCUT2D eigenvalue weighted by Crippen LogP contribution is -2.48. The minimum Gasteiger partial charge on any atom is -0.465 e. The van der Waals surface area contributed by atoms with Crippen molar-refractivity contribution in [1.29, 1.82) is 0 Å². The highest BCUT2D eigenvalue weighted by Crippen LogP contribution is 2.35. The van der Waals surface area contributed by atoms with Gasteiger partial charge in [0.1, 0.15) is 0 Å². The fraction of sp³-hybridized carbons (Fsp3) is 0.417. The molecule has 1 fully saturated rings. The second-order valence-electron chi connectivity index (χ2n) is 4.42. The van der Waals surface area contributed by atoms with Crippen molar-refractivity contribution in [2.24, 2.45) is 0 Å². The number of rotatable bonds is 1. The fourth-order valence-corrected chi connectivity index (χ4v) is 2.31. The monoisotopic (exact) mass is 308 g/mol. The summed E-state index contributed by atoms with van der Waals surface area (Å²) in [5, 5.41) is 9.06. The number of carboxylic acid groups (broad SMARTS) is 1. The van der Waals surface area contributed by atoms with E-state index >= 15 is 0 Å². The van der Waals surface area contributed by atoms with Gasteiger partial charge in [-0.15, -0.1) is 0 Å². The van der Waals surface area contributed by atoms with Gasteiger partial charge in [-0.3, -0.25) is 0 Å². The highest BCUT2D eigenvalue weighted by atomic mass is 35.5. The molecule has 1 N–H and O–H groups in total. The van der Waals surface area contributed by atoms with Crippen molar-refractivity contribution in [2.75, 3.05) is 31.1 Å². The van der Waals surface area contributed by atoms with Crippen LogP contribution in [0.3, 0.4) is 0 Å². The molecule has 4 nitrogen and oxygen atoms in total. The summed E-state index contributed by atoms with van der Waals surface area (Å²) in [4.78, 5) is 13.7. The molecule has 2 rings (SSSR count).